The van der Waals surface area contributed by atoms with Gasteiger partial charge in [-0.3, -0.25) is 0 Å². The third-order valence-electron chi connectivity index (χ3n) is 2.89. The van der Waals surface area contributed by atoms with Gasteiger partial charge in [-0.1, -0.05) is 0 Å². The fourth-order valence-electron chi connectivity index (χ4n) is 2.05. The molecule has 0 bridgehead atoms. The summed E-state index contributed by atoms with van der Waals surface area (Å²) in [6.45, 7) is 6.27. The van der Waals surface area contributed by atoms with Crippen molar-refractivity contribution in [1.29, 1.82) is 0 Å². The van der Waals surface area contributed by atoms with Crippen LogP contribution >= 0.6 is 0 Å². The van der Waals surface area contributed by atoms with Gasteiger partial charge in [-0.25, -0.2) is 14.6 Å². The number of aromatic nitrogens is 2. The average Bonchev–Trinajstić information content (AvgIpc) is 2.64. The molecule has 1 aliphatic rings. The van der Waals surface area contributed by atoms with Crippen LogP contribution in [0.3, 0.4) is 0 Å². The second-order valence-electron chi connectivity index (χ2n) is 5.62. The standard InChI is InChI=1S/C12H16BN3O4/c1-12(2,3)20-11(19)15-4-5-16-7(6-15)8(9(17)18)14-10(16)13/h4-6H2,1-3H3,(H,17,18). The predicted molar refractivity (Wildman–Crippen MR) is 71.2 cm³/mol. The molecule has 0 fully saturated rings. The molecule has 0 saturated heterocycles. The maximum atomic E-state index is 12.0. The van der Waals surface area contributed by atoms with Gasteiger partial charge in [0.25, 0.3) is 0 Å². The Labute approximate surface area is 117 Å². The number of carbonyl (C=O) groups excluding carboxylic acids is 1. The summed E-state index contributed by atoms with van der Waals surface area (Å²) in [7, 11) is 5.68. The highest BCUT2D eigenvalue weighted by Gasteiger charge is 2.30. The second-order valence-corrected chi connectivity index (χ2v) is 5.62. The molecule has 0 saturated carbocycles. The van der Waals surface area contributed by atoms with E-state index in [-0.39, 0.29) is 18.0 Å². The molecule has 1 amide bonds. The van der Waals surface area contributed by atoms with Crippen LogP contribution in [0.5, 0.6) is 0 Å². The topological polar surface area (TPSA) is 84.7 Å². The minimum atomic E-state index is -1.16. The molecular formula is C12H16BN3O4. The van der Waals surface area contributed by atoms with Gasteiger partial charge in [-0.15, -0.1) is 0 Å². The molecule has 7 nitrogen and oxygen atoms in total. The summed E-state index contributed by atoms with van der Waals surface area (Å²) in [5.74, 6) is -1.16. The maximum absolute atomic E-state index is 12.0. The van der Waals surface area contributed by atoms with E-state index in [1.165, 1.54) is 4.90 Å². The van der Waals surface area contributed by atoms with Crippen LogP contribution in [-0.2, 0) is 17.8 Å². The molecule has 2 heterocycles. The summed E-state index contributed by atoms with van der Waals surface area (Å²) in [5, 5.41) is 9.10. The molecule has 1 aromatic rings. The summed E-state index contributed by atoms with van der Waals surface area (Å²) in [6, 6.07) is 0. The van der Waals surface area contributed by atoms with E-state index in [2.05, 4.69) is 4.98 Å². The molecular weight excluding hydrogens is 261 g/mol. The van der Waals surface area contributed by atoms with Crippen molar-refractivity contribution in [2.45, 2.75) is 39.5 Å². The summed E-state index contributed by atoms with van der Waals surface area (Å²) in [5.41, 5.74) is -0.132. The lowest BCUT2D eigenvalue weighted by molar-refractivity contribution is 0.0197. The normalized spacial score (nSPS) is 14.8. The number of carboxylic acids is 1. The van der Waals surface area contributed by atoms with Gasteiger partial charge in [-0.2, -0.15) is 0 Å². The Kier molecular flexibility index (Phi) is 3.49. The summed E-state index contributed by atoms with van der Waals surface area (Å²) in [4.78, 5) is 28.4. The fraction of sp³-hybridized carbons (Fsp3) is 0.583. The van der Waals surface area contributed by atoms with E-state index < -0.39 is 17.7 Å². The van der Waals surface area contributed by atoms with Crippen LogP contribution < -0.4 is 5.72 Å². The third kappa shape index (κ3) is 2.78. The highest BCUT2D eigenvalue weighted by molar-refractivity contribution is 6.29. The Morgan fingerprint density at radius 3 is 2.55 bits per heavy atom. The van der Waals surface area contributed by atoms with E-state index >= 15 is 0 Å². The van der Waals surface area contributed by atoms with Gasteiger partial charge in [0.05, 0.1) is 18.0 Å². The Morgan fingerprint density at radius 2 is 2.00 bits per heavy atom. The Morgan fingerprint density at radius 1 is 1.35 bits per heavy atom. The Bertz CT molecular complexity index is 562. The molecule has 2 radical (unpaired) electrons. The first kappa shape index (κ1) is 14.4. The highest BCUT2D eigenvalue weighted by atomic mass is 16.6. The Balaban J connectivity index is 2.22. The predicted octanol–water partition coefficient (Wildman–Crippen LogP) is 0.126. The van der Waals surface area contributed by atoms with Crippen molar-refractivity contribution in [2.24, 2.45) is 0 Å². The van der Waals surface area contributed by atoms with Crippen LogP contribution in [0.1, 0.15) is 37.0 Å². The number of ether oxygens (including phenoxy) is 1. The van der Waals surface area contributed by atoms with Gasteiger partial charge in [0.1, 0.15) is 5.60 Å². The summed E-state index contributed by atoms with van der Waals surface area (Å²) < 4.78 is 6.89. The molecule has 8 heteroatoms. The largest absolute Gasteiger partial charge is 0.476 e. The molecule has 0 spiro atoms. The number of carbonyl (C=O) groups is 2. The zero-order valence-electron chi connectivity index (χ0n) is 11.7. The molecule has 1 N–H and O–H groups in total. The lowest BCUT2D eigenvalue weighted by Crippen LogP contribution is -2.43. The average molecular weight is 277 g/mol. The zero-order valence-corrected chi connectivity index (χ0v) is 11.7. The van der Waals surface area contributed by atoms with Gasteiger partial charge in [0.2, 0.25) is 0 Å². The van der Waals surface area contributed by atoms with Crippen molar-refractivity contribution in [3.05, 3.63) is 11.4 Å². The van der Waals surface area contributed by atoms with E-state index in [0.29, 0.717) is 18.8 Å². The van der Waals surface area contributed by atoms with Crippen LogP contribution in [0, 0.1) is 0 Å². The number of fused-ring (bicyclic) bond motifs is 1. The zero-order chi connectivity index (χ0) is 15.1. The van der Waals surface area contributed by atoms with Crippen molar-refractivity contribution in [3.63, 3.8) is 0 Å². The highest BCUT2D eigenvalue weighted by Crippen LogP contribution is 2.18. The van der Waals surface area contributed by atoms with Gasteiger partial charge in [-0.05, 0) is 20.8 Å². The molecule has 2 rings (SSSR count). The third-order valence-corrected chi connectivity index (χ3v) is 2.89. The van der Waals surface area contributed by atoms with Crippen LogP contribution in [0.15, 0.2) is 0 Å². The first-order chi connectivity index (χ1) is 9.19. The lowest BCUT2D eigenvalue weighted by atomic mass is 10.1. The van der Waals surface area contributed by atoms with Crippen molar-refractivity contribution in [1.82, 2.24) is 14.5 Å². The number of carboxylic acid groups (broad SMARTS) is 1. The van der Waals surface area contributed by atoms with Crippen molar-refractivity contribution in [2.75, 3.05) is 6.54 Å². The van der Waals surface area contributed by atoms with Crippen LogP contribution in [0.4, 0.5) is 4.79 Å². The van der Waals surface area contributed by atoms with Crippen LogP contribution in [-0.4, -0.2) is 51.6 Å². The second kappa shape index (κ2) is 4.84. The van der Waals surface area contributed by atoms with E-state index in [1.54, 1.807) is 25.3 Å². The first-order valence-electron chi connectivity index (χ1n) is 6.25. The van der Waals surface area contributed by atoms with Gasteiger partial charge in [0.15, 0.2) is 13.5 Å². The number of rotatable bonds is 1. The SMILES string of the molecule is [B]c1nc(C(=O)O)c2n1CCN(C(=O)OC(C)(C)C)C2. The first-order valence-corrected chi connectivity index (χ1v) is 6.25. The van der Waals surface area contributed by atoms with Crippen molar-refractivity contribution < 1.29 is 19.4 Å². The molecule has 1 aliphatic heterocycles. The molecule has 1 aromatic heterocycles. The minimum absolute atomic E-state index is 0.115. The van der Waals surface area contributed by atoms with Crippen LogP contribution in [0.25, 0.3) is 0 Å². The van der Waals surface area contributed by atoms with Crippen molar-refractivity contribution in [3.8, 4) is 0 Å². The summed E-state index contributed by atoms with van der Waals surface area (Å²) in [6.07, 6.45) is -0.472. The smallest absolute Gasteiger partial charge is 0.410 e. The van der Waals surface area contributed by atoms with Gasteiger partial charge in [0, 0.05) is 13.1 Å². The number of amides is 1. The number of nitrogens with zero attached hydrogens (tertiary/aromatic N) is 3. The number of imidazole rings is 1. The monoisotopic (exact) mass is 277 g/mol. The maximum Gasteiger partial charge on any atom is 0.410 e. The number of hydrogen-bond donors (Lipinski definition) is 1. The summed E-state index contributed by atoms with van der Waals surface area (Å²) >= 11 is 0. The van der Waals surface area contributed by atoms with Gasteiger partial charge >= 0.3 is 12.1 Å². The quantitative estimate of drug-likeness (QED) is 0.737. The molecule has 0 aliphatic carbocycles. The van der Waals surface area contributed by atoms with Gasteiger partial charge < -0.3 is 19.3 Å². The van der Waals surface area contributed by atoms with Crippen molar-refractivity contribution >= 4 is 25.6 Å². The molecule has 0 aromatic carbocycles. The lowest BCUT2D eigenvalue weighted by Gasteiger charge is -2.31. The fourth-order valence-corrected chi connectivity index (χ4v) is 2.05. The molecule has 0 unspecified atom stereocenters. The van der Waals surface area contributed by atoms with E-state index in [1.807, 2.05) is 0 Å². The molecule has 0 atom stereocenters. The van der Waals surface area contributed by atoms with E-state index in [9.17, 15) is 9.59 Å². The van der Waals surface area contributed by atoms with E-state index in [0.717, 1.165) is 0 Å². The minimum Gasteiger partial charge on any atom is -0.476 e. The Hall–Kier alpha value is -1.99. The molecule has 106 valence electrons. The van der Waals surface area contributed by atoms with E-state index in [4.69, 9.17) is 17.7 Å². The number of hydrogen-bond acceptors (Lipinski definition) is 4. The van der Waals surface area contributed by atoms with Crippen LogP contribution in [0.2, 0.25) is 0 Å². The molecule has 20 heavy (non-hydrogen) atoms. The number of aromatic carboxylic acids is 1.